The molecule has 170 valence electrons. The first-order chi connectivity index (χ1) is 16.6. The summed E-state index contributed by atoms with van der Waals surface area (Å²) in [5.41, 5.74) is 3.36. The van der Waals surface area contributed by atoms with Crippen molar-refractivity contribution in [2.45, 2.75) is 12.5 Å². The second-order valence-electron chi connectivity index (χ2n) is 8.24. The second kappa shape index (κ2) is 8.90. The van der Waals surface area contributed by atoms with E-state index in [4.69, 9.17) is 4.74 Å². The normalized spacial score (nSPS) is 17.4. The Morgan fingerprint density at radius 1 is 1.00 bits per heavy atom. The van der Waals surface area contributed by atoms with Gasteiger partial charge in [0.15, 0.2) is 0 Å². The number of ether oxygens (including phenoxy) is 1. The summed E-state index contributed by atoms with van der Waals surface area (Å²) in [6.07, 6.45) is 2.49. The topological polar surface area (TPSA) is 82.6 Å². The molecule has 0 saturated carbocycles. The number of aromatic nitrogens is 1. The first kappa shape index (κ1) is 21.5. The molecule has 1 atom stereocenters. The fraction of sp³-hybridized carbons (Fsp3) is 0.143. The van der Waals surface area contributed by atoms with Gasteiger partial charge in [-0.1, -0.05) is 60.7 Å². The quantitative estimate of drug-likeness (QED) is 0.249. The molecule has 1 amide bonds. The van der Waals surface area contributed by atoms with Crippen LogP contribution in [0.3, 0.4) is 0 Å². The van der Waals surface area contributed by atoms with Crippen molar-refractivity contribution < 1.29 is 19.4 Å². The molecule has 0 spiro atoms. The number of hydrogen-bond acceptors (Lipinski definition) is 4. The summed E-state index contributed by atoms with van der Waals surface area (Å²) in [5.74, 6) is -0.876. The molecule has 0 bridgehead atoms. The van der Waals surface area contributed by atoms with Crippen LogP contribution in [0, 0.1) is 0 Å². The minimum Gasteiger partial charge on any atom is -0.507 e. The number of methoxy groups -OCH3 is 1. The van der Waals surface area contributed by atoms with Gasteiger partial charge in [0.1, 0.15) is 11.5 Å². The summed E-state index contributed by atoms with van der Waals surface area (Å²) in [4.78, 5) is 31.2. The van der Waals surface area contributed by atoms with Crippen molar-refractivity contribution in [3.05, 3.63) is 107 Å². The number of likely N-dealkylation sites (tertiary alicyclic amines) is 1. The van der Waals surface area contributed by atoms with Crippen molar-refractivity contribution in [2.75, 3.05) is 13.7 Å². The SMILES string of the molecule is COc1cccc(C2/C(=C(/O)c3ccccc3)C(=O)C(=O)N2CCc2c[nH]c3ccccc23)c1. The lowest BCUT2D eigenvalue weighted by atomic mass is 9.95. The first-order valence-corrected chi connectivity index (χ1v) is 11.1. The summed E-state index contributed by atoms with van der Waals surface area (Å²) >= 11 is 0. The minimum absolute atomic E-state index is 0.0865. The predicted molar refractivity (Wildman–Crippen MR) is 130 cm³/mol. The number of H-pyrrole nitrogens is 1. The standard InChI is InChI=1S/C28H24N2O4/c1-34-21-11-7-10-19(16-21)25-24(26(31)18-8-3-2-4-9-18)27(32)28(33)30(25)15-14-20-17-29-23-13-6-5-12-22(20)23/h2-13,16-17,25,29,31H,14-15H2,1H3/b26-24-. The van der Waals surface area contributed by atoms with E-state index in [2.05, 4.69) is 4.98 Å². The van der Waals surface area contributed by atoms with Gasteiger partial charge >= 0.3 is 0 Å². The predicted octanol–water partition coefficient (Wildman–Crippen LogP) is 4.84. The highest BCUT2D eigenvalue weighted by atomic mass is 16.5. The molecule has 2 heterocycles. The number of aliphatic hydroxyl groups is 1. The zero-order valence-electron chi connectivity index (χ0n) is 18.7. The molecule has 5 rings (SSSR count). The molecule has 1 unspecified atom stereocenters. The Morgan fingerprint density at radius 3 is 2.56 bits per heavy atom. The molecular weight excluding hydrogens is 428 g/mol. The van der Waals surface area contributed by atoms with E-state index in [1.54, 1.807) is 48.4 Å². The maximum atomic E-state index is 13.2. The van der Waals surface area contributed by atoms with Crippen LogP contribution >= 0.6 is 0 Å². The zero-order valence-corrected chi connectivity index (χ0v) is 18.7. The number of para-hydroxylation sites is 1. The molecule has 1 aromatic heterocycles. The van der Waals surface area contributed by atoms with Gasteiger partial charge in [0.25, 0.3) is 11.7 Å². The van der Waals surface area contributed by atoms with Crippen LogP contribution in [0.5, 0.6) is 5.75 Å². The van der Waals surface area contributed by atoms with Gasteiger partial charge in [-0.05, 0) is 35.7 Å². The van der Waals surface area contributed by atoms with Crippen LogP contribution in [0.4, 0.5) is 0 Å². The lowest BCUT2D eigenvalue weighted by Crippen LogP contribution is -2.31. The number of nitrogens with zero attached hydrogens (tertiary/aromatic N) is 1. The molecule has 3 aromatic carbocycles. The molecule has 1 fully saturated rings. The van der Waals surface area contributed by atoms with Crippen LogP contribution in [-0.4, -0.2) is 40.3 Å². The molecule has 4 aromatic rings. The molecule has 34 heavy (non-hydrogen) atoms. The molecule has 0 radical (unpaired) electrons. The van der Waals surface area contributed by atoms with Gasteiger partial charge in [-0.15, -0.1) is 0 Å². The smallest absolute Gasteiger partial charge is 0.295 e. The number of rotatable bonds is 6. The van der Waals surface area contributed by atoms with E-state index in [1.807, 2.05) is 48.7 Å². The molecular formula is C28H24N2O4. The molecule has 6 nitrogen and oxygen atoms in total. The van der Waals surface area contributed by atoms with E-state index in [0.29, 0.717) is 29.8 Å². The van der Waals surface area contributed by atoms with Crippen LogP contribution in [0.25, 0.3) is 16.7 Å². The fourth-order valence-corrected chi connectivity index (χ4v) is 4.60. The Bertz CT molecular complexity index is 1400. The highest BCUT2D eigenvalue weighted by Crippen LogP contribution is 2.40. The van der Waals surface area contributed by atoms with E-state index >= 15 is 0 Å². The number of fused-ring (bicyclic) bond motifs is 1. The van der Waals surface area contributed by atoms with Crippen LogP contribution in [-0.2, 0) is 16.0 Å². The maximum absolute atomic E-state index is 13.2. The average Bonchev–Trinajstić information content (AvgIpc) is 3.41. The lowest BCUT2D eigenvalue weighted by Gasteiger charge is -2.25. The Morgan fingerprint density at radius 2 is 1.76 bits per heavy atom. The van der Waals surface area contributed by atoms with Gasteiger partial charge in [0.2, 0.25) is 0 Å². The van der Waals surface area contributed by atoms with E-state index in [0.717, 1.165) is 16.5 Å². The molecule has 1 saturated heterocycles. The Kier molecular flexibility index (Phi) is 5.64. The number of benzene rings is 3. The number of ketones is 1. The van der Waals surface area contributed by atoms with Gasteiger partial charge in [0.05, 0.1) is 18.7 Å². The third-order valence-corrected chi connectivity index (χ3v) is 6.29. The van der Waals surface area contributed by atoms with Crippen LogP contribution in [0.2, 0.25) is 0 Å². The van der Waals surface area contributed by atoms with Gasteiger partial charge in [0, 0.05) is 29.2 Å². The number of Topliss-reactive ketones (excluding diaryl/α,β-unsaturated/α-hetero) is 1. The largest absolute Gasteiger partial charge is 0.507 e. The molecule has 6 heteroatoms. The maximum Gasteiger partial charge on any atom is 0.295 e. The van der Waals surface area contributed by atoms with Gasteiger partial charge in [-0.2, -0.15) is 0 Å². The first-order valence-electron chi connectivity index (χ1n) is 11.1. The van der Waals surface area contributed by atoms with E-state index in [1.165, 1.54) is 0 Å². The van der Waals surface area contributed by atoms with Gasteiger partial charge < -0.3 is 19.7 Å². The highest BCUT2D eigenvalue weighted by Gasteiger charge is 2.46. The monoisotopic (exact) mass is 452 g/mol. The lowest BCUT2D eigenvalue weighted by molar-refractivity contribution is -0.139. The van der Waals surface area contributed by atoms with Crippen molar-refractivity contribution >= 4 is 28.4 Å². The Balaban J connectivity index is 1.57. The van der Waals surface area contributed by atoms with Gasteiger partial charge in [-0.3, -0.25) is 9.59 Å². The summed E-state index contributed by atoms with van der Waals surface area (Å²) < 4.78 is 5.38. The van der Waals surface area contributed by atoms with Crippen molar-refractivity contribution in [1.29, 1.82) is 0 Å². The molecule has 1 aliphatic heterocycles. The summed E-state index contributed by atoms with van der Waals surface area (Å²) in [6.45, 7) is 0.319. The molecule has 2 N–H and O–H groups in total. The number of carbonyl (C=O) groups excluding carboxylic acids is 2. The number of amides is 1. The van der Waals surface area contributed by atoms with Crippen LogP contribution in [0.1, 0.15) is 22.7 Å². The zero-order chi connectivity index (χ0) is 23.7. The van der Waals surface area contributed by atoms with Crippen molar-refractivity contribution in [1.82, 2.24) is 9.88 Å². The minimum atomic E-state index is -0.722. The van der Waals surface area contributed by atoms with Crippen LogP contribution < -0.4 is 4.74 Å². The Hall–Kier alpha value is -4.32. The third-order valence-electron chi connectivity index (χ3n) is 6.29. The van der Waals surface area contributed by atoms with E-state index < -0.39 is 17.7 Å². The summed E-state index contributed by atoms with van der Waals surface area (Å²) in [5, 5.41) is 12.2. The average molecular weight is 453 g/mol. The van der Waals surface area contributed by atoms with E-state index in [-0.39, 0.29) is 11.3 Å². The van der Waals surface area contributed by atoms with Gasteiger partial charge in [-0.25, -0.2) is 0 Å². The fourth-order valence-electron chi connectivity index (χ4n) is 4.60. The summed E-state index contributed by atoms with van der Waals surface area (Å²) in [7, 11) is 1.57. The number of aromatic amines is 1. The number of hydrogen-bond donors (Lipinski definition) is 2. The van der Waals surface area contributed by atoms with E-state index in [9.17, 15) is 14.7 Å². The molecule has 0 aliphatic carbocycles. The highest BCUT2D eigenvalue weighted by molar-refractivity contribution is 6.46. The van der Waals surface area contributed by atoms with Crippen molar-refractivity contribution in [2.24, 2.45) is 0 Å². The number of aliphatic hydroxyl groups excluding tert-OH is 1. The van der Waals surface area contributed by atoms with Crippen molar-refractivity contribution in [3.8, 4) is 5.75 Å². The van der Waals surface area contributed by atoms with Crippen LogP contribution in [0.15, 0.2) is 90.6 Å². The third kappa shape index (κ3) is 3.73. The molecule has 1 aliphatic rings. The Labute approximate surface area is 197 Å². The summed E-state index contributed by atoms with van der Waals surface area (Å²) in [6, 6.07) is 23.3. The second-order valence-corrected chi connectivity index (χ2v) is 8.24. The number of nitrogens with one attached hydrogen (secondary N) is 1. The van der Waals surface area contributed by atoms with Crippen molar-refractivity contribution in [3.63, 3.8) is 0 Å². The number of carbonyl (C=O) groups is 2.